The molecule has 0 saturated carbocycles. The lowest BCUT2D eigenvalue weighted by molar-refractivity contribution is -0.135. The van der Waals surface area contributed by atoms with Crippen molar-refractivity contribution in [3.8, 4) is 0 Å². The summed E-state index contributed by atoms with van der Waals surface area (Å²) in [4.78, 5) is 40.2. The number of hydrogen-bond donors (Lipinski definition) is 2. The Morgan fingerprint density at radius 2 is 1.45 bits per heavy atom. The van der Waals surface area contributed by atoms with Gasteiger partial charge in [-0.2, -0.15) is 0 Å². The summed E-state index contributed by atoms with van der Waals surface area (Å²) in [5.74, 6) is -0.350. The van der Waals surface area contributed by atoms with E-state index in [1.165, 1.54) is 6.92 Å². The Kier molecular flexibility index (Phi) is 9.21. The van der Waals surface area contributed by atoms with Crippen LogP contribution >= 0.6 is 0 Å². The molecule has 0 aromatic heterocycles. The zero-order valence-electron chi connectivity index (χ0n) is 18.7. The zero-order chi connectivity index (χ0) is 22.8. The van der Waals surface area contributed by atoms with E-state index in [2.05, 4.69) is 10.6 Å². The van der Waals surface area contributed by atoms with E-state index in [9.17, 15) is 14.4 Å². The minimum atomic E-state index is -0.193. The van der Waals surface area contributed by atoms with Gasteiger partial charge < -0.3 is 15.5 Å². The molecule has 2 rings (SSSR count). The highest BCUT2D eigenvalue weighted by Gasteiger charge is 2.21. The van der Waals surface area contributed by atoms with Gasteiger partial charge in [-0.3, -0.25) is 19.3 Å². The summed E-state index contributed by atoms with van der Waals surface area (Å²) in [6, 6.07) is 16.8. The Hall–Kier alpha value is -3.19. The van der Waals surface area contributed by atoms with Gasteiger partial charge in [-0.05, 0) is 50.2 Å². The van der Waals surface area contributed by atoms with Crippen molar-refractivity contribution < 1.29 is 14.4 Å². The molecule has 166 valence electrons. The maximum atomic E-state index is 12.9. The Labute approximate surface area is 184 Å². The van der Waals surface area contributed by atoms with Crippen molar-refractivity contribution in [2.45, 2.75) is 40.3 Å². The van der Waals surface area contributed by atoms with E-state index < -0.39 is 0 Å². The lowest BCUT2D eigenvalue weighted by Gasteiger charge is -2.29. The Morgan fingerprint density at radius 3 is 1.97 bits per heavy atom. The summed E-state index contributed by atoms with van der Waals surface area (Å²) in [5, 5.41) is 5.52. The van der Waals surface area contributed by atoms with Crippen molar-refractivity contribution in [3.05, 3.63) is 60.2 Å². The van der Waals surface area contributed by atoms with E-state index in [1.54, 1.807) is 24.3 Å². The molecule has 0 spiro atoms. The Morgan fingerprint density at radius 1 is 0.871 bits per heavy atom. The molecule has 0 aliphatic heterocycles. The number of benzene rings is 2. The van der Waals surface area contributed by atoms with Gasteiger partial charge in [0, 0.05) is 30.9 Å². The van der Waals surface area contributed by atoms with Gasteiger partial charge in [0.05, 0.1) is 13.1 Å². The van der Waals surface area contributed by atoms with Gasteiger partial charge in [0.2, 0.25) is 17.7 Å². The fraction of sp³-hybridized carbons (Fsp3) is 0.375. The maximum absolute atomic E-state index is 12.9. The maximum Gasteiger partial charge on any atom is 0.238 e. The van der Waals surface area contributed by atoms with Gasteiger partial charge in [0.1, 0.15) is 0 Å². The third-order valence-corrected chi connectivity index (χ3v) is 4.80. The van der Waals surface area contributed by atoms with Crippen LogP contribution in [0.15, 0.2) is 54.6 Å². The summed E-state index contributed by atoms with van der Waals surface area (Å²) < 4.78 is 0. The quantitative estimate of drug-likeness (QED) is 0.613. The molecule has 2 N–H and O–H groups in total. The van der Waals surface area contributed by atoms with Gasteiger partial charge in [-0.15, -0.1) is 0 Å². The summed E-state index contributed by atoms with van der Waals surface area (Å²) in [6.45, 7) is 8.78. The van der Waals surface area contributed by atoms with Crippen molar-refractivity contribution in [3.63, 3.8) is 0 Å². The smallest absolute Gasteiger partial charge is 0.238 e. The molecule has 0 fully saturated rings. The molecular formula is C24H32N4O3. The number of likely N-dealkylation sites (N-methyl/N-ethyl adjacent to an activating group) is 1. The van der Waals surface area contributed by atoms with E-state index in [0.717, 1.165) is 5.56 Å². The van der Waals surface area contributed by atoms with Crippen molar-refractivity contribution in [2.75, 3.05) is 30.3 Å². The average Bonchev–Trinajstić information content (AvgIpc) is 2.73. The second kappa shape index (κ2) is 11.9. The lowest BCUT2D eigenvalue weighted by Crippen LogP contribution is -2.45. The monoisotopic (exact) mass is 424 g/mol. The van der Waals surface area contributed by atoms with Crippen LogP contribution in [0.5, 0.6) is 0 Å². The number of rotatable bonds is 10. The summed E-state index contributed by atoms with van der Waals surface area (Å²) in [6.07, 6.45) is 0. The standard InChI is InChI=1S/C24H32N4O3/c1-5-27(16-23(30)26-22-13-11-21(12-14-22)25-19(4)29)17-24(31)28(18(2)3)15-20-9-7-6-8-10-20/h6-14,18H,5,15-17H2,1-4H3,(H,25,29)(H,26,30). The van der Waals surface area contributed by atoms with Crippen LogP contribution in [-0.4, -0.2) is 53.2 Å². The van der Waals surface area contributed by atoms with E-state index in [4.69, 9.17) is 0 Å². The molecule has 3 amide bonds. The van der Waals surface area contributed by atoms with Crippen LogP contribution in [0.25, 0.3) is 0 Å². The second-order valence-corrected chi connectivity index (χ2v) is 7.71. The van der Waals surface area contributed by atoms with Crippen LogP contribution in [0.2, 0.25) is 0 Å². The SMILES string of the molecule is CCN(CC(=O)Nc1ccc(NC(C)=O)cc1)CC(=O)N(Cc1ccccc1)C(C)C. The number of carbonyl (C=O) groups excluding carboxylic acids is 3. The van der Waals surface area contributed by atoms with Crippen molar-refractivity contribution in [1.82, 2.24) is 9.80 Å². The first-order valence-electron chi connectivity index (χ1n) is 10.5. The fourth-order valence-corrected chi connectivity index (χ4v) is 3.14. The van der Waals surface area contributed by atoms with Crippen LogP contribution in [-0.2, 0) is 20.9 Å². The van der Waals surface area contributed by atoms with Gasteiger partial charge >= 0.3 is 0 Å². The molecule has 0 unspecified atom stereocenters. The lowest BCUT2D eigenvalue weighted by atomic mass is 10.2. The minimum absolute atomic E-state index is 0.00633. The fourth-order valence-electron chi connectivity index (χ4n) is 3.14. The molecule has 0 aliphatic carbocycles. The highest BCUT2D eigenvalue weighted by atomic mass is 16.2. The highest BCUT2D eigenvalue weighted by molar-refractivity contribution is 5.93. The molecule has 31 heavy (non-hydrogen) atoms. The molecule has 0 bridgehead atoms. The molecule has 2 aromatic carbocycles. The highest BCUT2D eigenvalue weighted by Crippen LogP contribution is 2.14. The largest absolute Gasteiger partial charge is 0.335 e. The Balaban J connectivity index is 1.92. The number of anilines is 2. The molecule has 0 aliphatic rings. The minimum Gasteiger partial charge on any atom is -0.335 e. The summed E-state index contributed by atoms with van der Waals surface area (Å²) in [5.41, 5.74) is 2.38. The number of nitrogens with zero attached hydrogens (tertiary/aromatic N) is 2. The van der Waals surface area contributed by atoms with Crippen LogP contribution in [0.1, 0.15) is 33.3 Å². The van der Waals surface area contributed by atoms with E-state index in [0.29, 0.717) is 24.5 Å². The van der Waals surface area contributed by atoms with Crippen LogP contribution in [0, 0.1) is 0 Å². The van der Waals surface area contributed by atoms with Gasteiger partial charge in [-0.25, -0.2) is 0 Å². The first kappa shape index (κ1) is 24.1. The average molecular weight is 425 g/mol. The third-order valence-electron chi connectivity index (χ3n) is 4.80. The first-order valence-corrected chi connectivity index (χ1v) is 10.5. The molecule has 0 heterocycles. The van der Waals surface area contributed by atoms with Gasteiger partial charge in [0.25, 0.3) is 0 Å². The molecule has 7 heteroatoms. The molecule has 0 radical (unpaired) electrons. The molecular weight excluding hydrogens is 392 g/mol. The predicted octanol–water partition coefficient (Wildman–Crippen LogP) is 3.34. The summed E-state index contributed by atoms with van der Waals surface area (Å²) in [7, 11) is 0. The van der Waals surface area contributed by atoms with Crippen molar-refractivity contribution in [2.24, 2.45) is 0 Å². The Bertz CT molecular complexity index is 866. The summed E-state index contributed by atoms with van der Waals surface area (Å²) >= 11 is 0. The zero-order valence-corrected chi connectivity index (χ0v) is 18.7. The molecule has 0 saturated heterocycles. The topological polar surface area (TPSA) is 81.8 Å². The second-order valence-electron chi connectivity index (χ2n) is 7.71. The van der Waals surface area contributed by atoms with Crippen LogP contribution in [0.3, 0.4) is 0 Å². The predicted molar refractivity (Wildman–Crippen MR) is 124 cm³/mol. The van der Waals surface area contributed by atoms with Crippen LogP contribution in [0.4, 0.5) is 11.4 Å². The first-order chi connectivity index (χ1) is 14.8. The molecule has 7 nitrogen and oxygen atoms in total. The normalized spacial score (nSPS) is 10.8. The van der Waals surface area contributed by atoms with E-state index in [-0.39, 0.29) is 36.9 Å². The van der Waals surface area contributed by atoms with Crippen molar-refractivity contribution >= 4 is 29.1 Å². The number of amides is 3. The van der Waals surface area contributed by atoms with Crippen LogP contribution < -0.4 is 10.6 Å². The molecule has 0 atom stereocenters. The third kappa shape index (κ3) is 8.22. The van der Waals surface area contributed by atoms with E-state index >= 15 is 0 Å². The number of hydrogen-bond acceptors (Lipinski definition) is 4. The van der Waals surface area contributed by atoms with Gasteiger partial charge in [0.15, 0.2) is 0 Å². The van der Waals surface area contributed by atoms with Crippen molar-refractivity contribution in [1.29, 1.82) is 0 Å². The number of carbonyl (C=O) groups is 3. The number of nitrogens with one attached hydrogen (secondary N) is 2. The van der Waals surface area contributed by atoms with Gasteiger partial charge in [-0.1, -0.05) is 37.3 Å². The van der Waals surface area contributed by atoms with E-state index in [1.807, 2.05) is 60.9 Å². The molecule has 2 aromatic rings.